The molecule has 7 nitrogen and oxygen atoms in total. The Kier molecular flexibility index (Phi) is 5.79. The fraction of sp³-hybridized carbons (Fsp3) is 0.500. The fourth-order valence-corrected chi connectivity index (χ4v) is 4.61. The van der Waals surface area contributed by atoms with Gasteiger partial charge >= 0.3 is 0 Å². The van der Waals surface area contributed by atoms with E-state index in [1.165, 1.54) is 13.0 Å². The van der Waals surface area contributed by atoms with Crippen LogP contribution < -0.4 is 4.90 Å². The van der Waals surface area contributed by atoms with Crippen LogP contribution in [0.3, 0.4) is 0 Å². The number of benzene rings is 1. The summed E-state index contributed by atoms with van der Waals surface area (Å²) in [6.45, 7) is 6.90. The first-order valence-corrected chi connectivity index (χ1v) is 10.4. The normalized spacial score (nSPS) is 21.4. The number of halogens is 2. The average molecular weight is 432 g/mol. The number of phenols is 1. The summed E-state index contributed by atoms with van der Waals surface area (Å²) in [6, 6.07) is 4.47. The van der Waals surface area contributed by atoms with Crippen molar-refractivity contribution in [1.29, 1.82) is 0 Å². The number of alkyl halides is 2. The lowest BCUT2D eigenvalue weighted by Crippen LogP contribution is -2.61. The minimum Gasteiger partial charge on any atom is -0.507 e. The number of hydrogen-bond acceptors (Lipinski definition) is 6. The van der Waals surface area contributed by atoms with E-state index in [9.17, 15) is 18.7 Å². The van der Waals surface area contributed by atoms with Crippen LogP contribution in [0.25, 0.3) is 11.3 Å². The highest BCUT2D eigenvalue weighted by Gasteiger charge is 2.40. The molecule has 2 saturated heterocycles. The van der Waals surface area contributed by atoms with Crippen molar-refractivity contribution in [2.75, 3.05) is 31.1 Å². The quantitative estimate of drug-likeness (QED) is 0.802. The lowest BCUT2D eigenvalue weighted by Gasteiger charge is -2.47. The molecule has 0 bridgehead atoms. The van der Waals surface area contributed by atoms with Gasteiger partial charge in [0.15, 0.2) is 5.82 Å². The zero-order valence-electron chi connectivity index (χ0n) is 17.8. The van der Waals surface area contributed by atoms with Crippen LogP contribution in [-0.4, -0.2) is 64.5 Å². The predicted octanol–water partition coefficient (Wildman–Crippen LogP) is 3.23. The number of anilines is 1. The van der Waals surface area contributed by atoms with Crippen molar-refractivity contribution in [3.05, 3.63) is 34.9 Å². The van der Waals surface area contributed by atoms with Crippen LogP contribution in [0.1, 0.15) is 36.5 Å². The number of morpholine rings is 1. The van der Waals surface area contributed by atoms with Crippen LogP contribution in [-0.2, 0) is 9.53 Å². The van der Waals surface area contributed by atoms with Crippen molar-refractivity contribution < 1.29 is 23.4 Å². The molecule has 2 aromatic rings. The van der Waals surface area contributed by atoms with Crippen molar-refractivity contribution in [3.8, 4) is 17.0 Å². The predicted molar refractivity (Wildman–Crippen MR) is 111 cm³/mol. The maximum atomic E-state index is 14.1. The molecule has 2 aliphatic rings. The van der Waals surface area contributed by atoms with E-state index in [0.717, 1.165) is 11.1 Å². The number of ether oxygens (including phenoxy) is 1. The van der Waals surface area contributed by atoms with E-state index in [-0.39, 0.29) is 40.9 Å². The molecule has 2 aliphatic heterocycles. The van der Waals surface area contributed by atoms with Crippen molar-refractivity contribution in [2.45, 2.75) is 45.8 Å². The molecular weight excluding hydrogens is 406 g/mol. The highest BCUT2D eigenvalue weighted by Crippen LogP contribution is 2.38. The number of fused-ring (bicyclic) bond motifs is 1. The molecule has 2 atom stereocenters. The molecule has 4 rings (SSSR count). The summed E-state index contributed by atoms with van der Waals surface area (Å²) in [7, 11) is 0. The highest BCUT2D eigenvalue weighted by atomic mass is 19.3. The van der Waals surface area contributed by atoms with Crippen molar-refractivity contribution in [1.82, 2.24) is 15.1 Å². The third kappa shape index (κ3) is 4.06. The third-order valence-corrected chi connectivity index (χ3v) is 6.06. The number of likely N-dealkylation sites (tertiary alicyclic amines) is 1. The van der Waals surface area contributed by atoms with Gasteiger partial charge in [0.1, 0.15) is 5.75 Å². The Morgan fingerprint density at radius 3 is 2.68 bits per heavy atom. The minimum atomic E-state index is -2.77. The van der Waals surface area contributed by atoms with E-state index in [0.29, 0.717) is 38.2 Å². The molecule has 0 spiro atoms. The van der Waals surface area contributed by atoms with Gasteiger partial charge in [-0.1, -0.05) is 6.07 Å². The van der Waals surface area contributed by atoms with Crippen LogP contribution in [0.2, 0.25) is 0 Å². The zero-order chi connectivity index (χ0) is 22.3. The third-order valence-electron chi connectivity index (χ3n) is 6.06. The summed E-state index contributed by atoms with van der Waals surface area (Å²) in [5, 5.41) is 18.8. The molecule has 1 amide bonds. The van der Waals surface area contributed by atoms with Crippen LogP contribution >= 0.6 is 0 Å². The molecule has 1 N–H and O–H groups in total. The first-order valence-electron chi connectivity index (χ1n) is 10.4. The first kappa shape index (κ1) is 21.4. The molecule has 1 aromatic carbocycles. The molecule has 0 saturated carbocycles. The minimum absolute atomic E-state index is 0.0180. The number of amides is 1. The molecule has 166 valence electrons. The number of aromatic hydroxyl groups is 1. The van der Waals surface area contributed by atoms with Gasteiger partial charge in [0.05, 0.1) is 30.0 Å². The monoisotopic (exact) mass is 432 g/mol. The van der Waals surface area contributed by atoms with Crippen LogP contribution in [0, 0.1) is 13.8 Å². The molecule has 3 heterocycles. The number of hydrogen-bond donors (Lipinski definition) is 1. The lowest BCUT2D eigenvalue weighted by molar-refractivity contribution is -0.133. The van der Waals surface area contributed by atoms with Gasteiger partial charge in [-0.3, -0.25) is 4.79 Å². The summed E-state index contributed by atoms with van der Waals surface area (Å²) in [4.78, 5) is 15.4. The molecular formula is C22H26F2N4O3. The number of rotatable bonds is 3. The SMILES string of the molecule is CC(=O)N1CC[C@H]2OCCN(c3nnc(-c4c(C)cc(C)cc4O)cc3C(F)F)[C@H]2C1. The Morgan fingerprint density at radius 1 is 1.23 bits per heavy atom. The number of nitrogens with zero attached hydrogens (tertiary/aromatic N) is 4. The Labute approximate surface area is 179 Å². The van der Waals surface area contributed by atoms with Crippen molar-refractivity contribution in [3.63, 3.8) is 0 Å². The second kappa shape index (κ2) is 8.37. The molecule has 2 fully saturated rings. The Morgan fingerprint density at radius 2 is 2.00 bits per heavy atom. The molecule has 0 unspecified atom stereocenters. The summed E-state index contributed by atoms with van der Waals surface area (Å²) in [6.07, 6.45) is -2.28. The van der Waals surface area contributed by atoms with Crippen LogP contribution in [0.5, 0.6) is 5.75 Å². The topological polar surface area (TPSA) is 78.8 Å². The average Bonchev–Trinajstić information content (AvgIpc) is 2.72. The maximum Gasteiger partial charge on any atom is 0.267 e. The number of aryl methyl sites for hydroxylation is 2. The van der Waals surface area contributed by atoms with E-state index >= 15 is 0 Å². The first-order chi connectivity index (χ1) is 14.8. The molecule has 0 radical (unpaired) electrons. The van der Waals surface area contributed by atoms with Crippen LogP contribution in [0.15, 0.2) is 18.2 Å². The van der Waals surface area contributed by atoms with Crippen molar-refractivity contribution >= 4 is 11.7 Å². The summed E-state index contributed by atoms with van der Waals surface area (Å²) < 4.78 is 34.1. The van der Waals surface area contributed by atoms with Gasteiger partial charge in [0.25, 0.3) is 6.43 Å². The molecule has 1 aromatic heterocycles. The summed E-state index contributed by atoms with van der Waals surface area (Å²) >= 11 is 0. The van der Waals surface area contributed by atoms with Gasteiger partial charge in [-0.2, -0.15) is 0 Å². The molecule has 9 heteroatoms. The van der Waals surface area contributed by atoms with E-state index in [1.807, 2.05) is 13.0 Å². The van der Waals surface area contributed by atoms with E-state index in [2.05, 4.69) is 10.2 Å². The maximum absolute atomic E-state index is 14.1. The van der Waals surface area contributed by atoms with Gasteiger partial charge in [-0.25, -0.2) is 8.78 Å². The van der Waals surface area contributed by atoms with Gasteiger partial charge < -0.3 is 19.6 Å². The van der Waals surface area contributed by atoms with E-state index in [1.54, 1.807) is 22.8 Å². The van der Waals surface area contributed by atoms with Crippen LogP contribution in [0.4, 0.5) is 14.6 Å². The highest BCUT2D eigenvalue weighted by molar-refractivity contribution is 5.74. The van der Waals surface area contributed by atoms with Crippen molar-refractivity contribution in [2.24, 2.45) is 0 Å². The van der Waals surface area contributed by atoms with E-state index < -0.39 is 6.43 Å². The van der Waals surface area contributed by atoms with Gasteiger partial charge in [0, 0.05) is 32.1 Å². The Balaban J connectivity index is 1.74. The zero-order valence-corrected chi connectivity index (χ0v) is 17.8. The largest absolute Gasteiger partial charge is 0.507 e. The smallest absolute Gasteiger partial charge is 0.267 e. The standard InChI is InChI=1S/C22H26F2N4O3/c1-12-8-13(2)20(18(30)9-12)16-10-15(21(23)24)22(26-25-16)28-6-7-31-19-4-5-27(14(3)29)11-17(19)28/h8-10,17,19,21,30H,4-7,11H2,1-3H3/t17-,19+/m0/s1. The van der Waals surface area contributed by atoms with E-state index in [4.69, 9.17) is 4.74 Å². The lowest BCUT2D eigenvalue weighted by atomic mass is 9.97. The Bertz CT molecular complexity index is 978. The summed E-state index contributed by atoms with van der Waals surface area (Å²) in [5.41, 5.74) is 1.95. The molecule has 0 aliphatic carbocycles. The number of carbonyl (C=O) groups is 1. The number of piperidine rings is 1. The number of phenolic OH excluding ortho intramolecular Hbond substituents is 1. The van der Waals surface area contributed by atoms with Gasteiger partial charge in [0.2, 0.25) is 5.91 Å². The number of aromatic nitrogens is 2. The van der Waals surface area contributed by atoms with Gasteiger partial charge in [-0.15, -0.1) is 10.2 Å². The second-order valence-electron chi connectivity index (χ2n) is 8.21. The van der Waals surface area contributed by atoms with Gasteiger partial charge in [-0.05, 0) is 43.5 Å². The Hall–Kier alpha value is -2.81. The summed E-state index contributed by atoms with van der Waals surface area (Å²) in [5.74, 6) is 0.0344. The fourth-order valence-electron chi connectivity index (χ4n) is 4.61. The number of carbonyl (C=O) groups excluding carboxylic acids is 1. The second-order valence-corrected chi connectivity index (χ2v) is 8.21. The molecule has 31 heavy (non-hydrogen) atoms.